The van der Waals surface area contributed by atoms with E-state index < -0.39 is 17.4 Å². The van der Waals surface area contributed by atoms with Crippen molar-refractivity contribution in [1.29, 1.82) is 0 Å². The normalized spacial score (nSPS) is 13.3. The van der Waals surface area contributed by atoms with E-state index in [1.54, 1.807) is 33.8 Å². The maximum Gasteiger partial charge on any atom is 0.328 e. The third-order valence-electron chi connectivity index (χ3n) is 4.85. The van der Waals surface area contributed by atoms with Crippen LogP contribution in [0.3, 0.4) is 0 Å². The molecule has 1 aliphatic carbocycles. The molecule has 0 bridgehead atoms. The van der Waals surface area contributed by atoms with Crippen LogP contribution in [-0.4, -0.2) is 30.3 Å². The number of hydrogen-bond acceptors (Lipinski definition) is 4. The molecule has 0 saturated carbocycles. The fraction of sp³-hybridized carbons (Fsp3) is 0.348. The van der Waals surface area contributed by atoms with E-state index in [-0.39, 0.29) is 18.3 Å². The average Bonchev–Trinajstić information content (AvgIpc) is 3.02. The van der Waals surface area contributed by atoms with E-state index in [0.717, 1.165) is 17.5 Å². The molecule has 0 aliphatic heterocycles. The molecule has 0 heterocycles. The first kappa shape index (κ1) is 19.8. The van der Waals surface area contributed by atoms with E-state index >= 15 is 0 Å². The van der Waals surface area contributed by atoms with E-state index in [0.29, 0.717) is 5.56 Å². The minimum absolute atomic E-state index is 0.249. The highest BCUT2D eigenvalue weighted by molar-refractivity contribution is 6.00. The molecule has 0 spiro atoms. The second-order valence-electron chi connectivity index (χ2n) is 8.18. The molecule has 5 heteroatoms. The molecule has 1 unspecified atom stereocenters. The van der Waals surface area contributed by atoms with Crippen LogP contribution < -0.4 is 5.32 Å². The Morgan fingerprint density at radius 1 is 1.04 bits per heavy atom. The van der Waals surface area contributed by atoms with Gasteiger partial charge in [0.1, 0.15) is 6.04 Å². The highest BCUT2D eigenvalue weighted by atomic mass is 16.5. The Morgan fingerprint density at radius 3 is 2.43 bits per heavy atom. The average molecular weight is 379 g/mol. The number of benzene rings is 2. The first-order valence-corrected chi connectivity index (χ1v) is 9.39. The molecule has 0 fully saturated rings. The summed E-state index contributed by atoms with van der Waals surface area (Å²) in [7, 11) is 0. The van der Waals surface area contributed by atoms with Crippen LogP contribution in [-0.2, 0) is 20.7 Å². The zero-order chi connectivity index (χ0) is 20.5. The first-order valence-electron chi connectivity index (χ1n) is 9.39. The highest BCUT2D eigenvalue weighted by Crippen LogP contribution is 2.36. The Balaban J connectivity index is 1.62. The van der Waals surface area contributed by atoms with Gasteiger partial charge in [-0.1, -0.05) is 57.2 Å². The summed E-state index contributed by atoms with van der Waals surface area (Å²) >= 11 is 0. The lowest BCUT2D eigenvalue weighted by atomic mass is 9.95. The zero-order valence-corrected chi connectivity index (χ0v) is 16.7. The molecular weight excluding hydrogens is 354 g/mol. The van der Waals surface area contributed by atoms with Crippen molar-refractivity contribution < 1.29 is 19.1 Å². The van der Waals surface area contributed by atoms with Crippen molar-refractivity contribution in [1.82, 2.24) is 5.32 Å². The lowest BCUT2D eigenvalue weighted by Gasteiger charge is -2.20. The molecule has 3 rings (SSSR count). The van der Waals surface area contributed by atoms with E-state index in [9.17, 15) is 14.4 Å². The molecule has 0 saturated heterocycles. The lowest BCUT2D eigenvalue weighted by Crippen LogP contribution is -2.45. The number of ether oxygens (including phenoxy) is 1. The molecule has 1 atom stereocenters. The van der Waals surface area contributed by atoms with Crippen LogP contribution in [0.25, 0.3) is 11.1 Å². The van der Waals surface area contributed by atoms with Gasteiger partial charge in [-0.2, -0.15) is 0 Å². The van der Waals surface area contributed by atoms with E-state index in [1.165, 1.54) is 11.1 Å². The second kappa shape index (κ2) is 7.58. The topological polar surface area (TPSA) is 72.5 Å². The van der Waals surface area contributed by atoms with E-state index in [1.807, 2.05) is 24.3 Å². The zero-order valence-electron chi connectivity index (χ0n) is 16.7. The Morgan fingerprint density at radius 2 is 1.71 bits per heavy atom. The summed E-state index contributed by atoms with van der Waals surface area (Å²) in [6.07, 6.45) is 0.861. The van der Waals surface area contributed by atoms with E-state index in [2.05, 4.69) is 17.4 Å². The molecule has 0 aromatic heterocycles. The number of rotatable bonds is 5. The Bertz CT molecular complexity index is 940. The van der Waals surface area contributed by atoms with Gasteiger partial charge in [-0.15, -0.1) is 0 Å². The number of carbonyl (C=O) groups is 3. The molecule has 1 N–H and O–H groups in total. The van der Waals surface area contributed by atoms with Crippen molar-refractivity contribution in [3.8, 4) is 11.1 Å². The Kier molecular flexibility index (Phi) is 5.36. The molecule has 2 aromatic rings. The summed E-state index contributed by atoms with van der Waals surface area (Å²) in [6.45, 7) is 6.47. The van der Waals surface area contributed by atoms with Crippen LogP contribution in [0.5, 0.6) is 0 Å². The van der Waals surface area contributed by atoms with Crippen LogP contribution in [0.2, 0.25) is 0 Å². The number of ketones is 1. The van der Waals surface area contributed by atoms with Crippen molar-refractivity contribution in [3.05, 3.63) is 59.2 Å². The molecule has 1 amide bonds. The molecule has 28 heavy (non-hydrogen) atoms. The molecule has 2 aromatic carbocycles. The Labute approximate surface area is 165 Å². The van der Waals surface area contributed by atoms with Crippen molar-refractivity contribution in [2.45, 2.75) is 40.2 Å². The van der Waals surface area contributed by atoms with Gasteiger partial charge in [-0.25, -0.2) is 4.79 Å². The number of carbonyl (C=O) groups excluding carboxylic acids is 3. The van der Waals surface area contributed by atoms with Gasteiger partial charge in [0.2, 0.25) is 5.91 Å². The van der Waals surface area contributed by atoms with Crippen molar-refractivity contribution in [2.75, 3.05) is 6.61 Å². The number of nitrogens with one attached hydrogen (secondary N) is 1. The molecule has 1 aliphatic rings. The van der Waals surface area contributed by atoms with Crippen LogP contribution >= 0.6 is 0 Å². The van der Waals surface area contributed by atoms with Crippen LogP contribution in [0.1, 0.15) is 49.2 Å². The van der Waals surface area contributed by atoms with Crippen molar-refractivity contribution in [2.24, 2.45) is 5.41 Å². The number of amides is 1. The first-order chi connectivity index (χ1) is 13.2. The van der Waals surface area contributed by atoms with Crippen molar-refractivity contribution >= 4 is 17.7 Å². The summed E-state index contributed by atoms with van der Waals surface area (Å²) in [6, 6.07) is 12.9. The largest absolute Gasteiger partial charge is 0.456 e. The fourth-order valence-electron chi connectivity index (χ4n) is 3.11. The van der Waals surface area contributed by atoms with Gasteiger partial charge in [-0.3, -0.25) is 9.59 Å². The lowest BCUT2D eigenvalue weighted by molar-refractivity contribution is -0.147. The molecular formula is C23H25NO4. The maximum absolute atomic E-state index is 12.5. The monoisotopic (exact) mass is 379 g/mol. The molecule has 5 nitrogen and oxygen atoms in total. The van der Waals surface area contributed by atoms with E-state index in [4.69, 9.17) is 4.74 Å². The minimum Gasteiger partial charge on any atom is -0.456 e. The summed E-state index contributed by atoms with van der Waals surface area (Å²) in [5, 5.41) is 2.60. The minimum atomic E-state index is -0.813. The van der Waals surface area contributed by atoms with Gasteiger partial charge in [0.25, 0.3) is 0 Å². The summed E-state index contributed by atoms with van der Waals surface area (Å²) < 4.78 is 5.12. The van der Waals surface area contributed by atoms with Gasteiger partial charge in [0, 0.05) is 11.0 Å². The third kappa shape index (κ3) is 4.14. The van der Waals surface area contributed by atoms with Gasteiger partial charge in [0.15, 0.2) is 12.4 Å². The number of fused-ring (bicyclic) bond motifs is 3. The molecule has 146 valence electrons. The van der Waals surface area contributed by atoms with Crippen LogP contribution in [0.4, 0.5) is 0 Å². The second-order valence-corrected chi connectivity index (χ2v) is 8.18. The van der Waals surface area contributed by atoms with Crippen molar-refractivity contribution in [3.63, 3.8) is 0 Å². The maximum atomic E-state index is 12.5. The quantitative estimate of drug-likeness (QED) is 0.544. The highest BCUT2D eigenvalue weighted by Gasteiger charge is 2.26. The van der Waals surface area contributed by atoms with Gasteiger partial charge in [0.05, 0.1) is 0 Å². The number of Topliss-reactive ketones (excluding diaryl/α,β-unsaturated/α-hetero) is 1. The standard InChI is InChI=1S/C23H25NO4/c1-14(24-22(27)23(2,3)4)21(26)28-13-20(25)17-10-9-16-11-15-7-5-6-8-18(15)19(16)12-17/h5-10,12,14H,11,13H2,1-4H3,(H,24,27). The fourth-order valence-corrected chi connectivity index (χ4v) is 3.11. The molecule has 0 radical (unpaired) electrons. The third-order valence-corrected chi connectivity index (χ3v) is 4.85. The predicted octanol–water partition coefficient (Wildman–Crippen LogP) is 3.53. The smallest absolute Gasteiger partial charge is 0.328 e. The predicted molar refractivity (Wildman–Crippen MR) is 107 cm³/mol. The van der Waals surface area contributed by atoms with Gasteiger partial charge >= 0.3 is 5.97 Å². The summed E-state index contributed by atoms with van der Waals surface area (Å²) in [5.41, 5.74) is 4.53. The SMILES string of the molecule is CC(NC(=O)C(C)(C)C)C(=O)OCC(=O)c1ccc2c(c1)-c1ccccc1C2. The Hall–Kier alpha value is -2.95. The number of hydrogen-bond donors (Lipinski definition) is 1. The van der Waals surface area contributed by atoms with Crippen LogP contribution in [0, 0.1) is 5.41 Å². The van der Waals surface area contributed by atoms with Gasteiger partial charge < -0.3 is 10.1 Å². The summed E-state index contributed by atoms with van der Waals surface area (Å²) in [5.74, 6) is -1.15. The summed E-state index contributed by atoms with van der Waals surface area (Å²) in [4.78, 5) is 36.6. The van der Waals surface area contributed by atoms with Crippen LogP contribution in [0.15, 0.2) is 42.5 Å². The number of esters is 1. The van der Waals surface area contributed by atoms with Gasteiger partial charge in [-0.05, 0) is 41.7 Å².